The molecule has 2 amide bonds. The molecule has 1 aliphatic heterocycles. The molecule has 0 atom stereocenters. The first kappa shape index (κ1) is 12.6. The van der Waals surface area contributed by atoms with E-state index in [4.69, 9.17) is 4.42 Å². The smallest absolute Gasteiger partial charge is 0.406 e. The average Bonchev–Trinajstić information content (AvgIpc) is 2.95. The predicted octanol–water partition coefficient (Wildman–Crippen LogP) is 1.84. The summed E-state index contributed by atoms with van der Waals surface area (Å²) >= 11 is 0. The summed E-state index contributed by atoms with van der Waals surface area (Å²) in [6, 6.07) is 11.6. The molecule has 0 saturated heterocycles. The maximum absolute atomic E-state index is 12.5. The number of hydrogen-bond acceptors (Lipinski definition) is 4. The van der Waals surface area contributed by atoms with Crippen LogP contribution in [0.2, 0.25) is 0 Å². The lowest BCUT2D eigenvalue weighted by atomic mass is 10.1. The standard InChI is InChI=1S/C16H10N2O4/c1-9-6-7-13-12(8-9)17(16(21)22-13)18-14(19)10-4-2-3-5-11(10)15(18)20/h2-8H,1H3. The van der Waals surface area contributed by atoms with Crippen LogP contribution in [0.1, 0.15) is 26.3 Å². The first-order valence-electron chi connectivity index (χ1n) is 6.68. The number of carbonyl (C=O) groups is 2. The van der Waals surface area contributed by atoms with Gasteiger partial charge in [0.15, 0.2) is 5.58 Å². The molecule has 0 spiro atoms. The molecule has 0 radical (unpaired) electrons. The Morgan fingerprint density at radius 2 is 1.55 bits per heavy atom. The number of oxazole rings is 1. The lowest BCUT2D eigenvalue weighted by molar-refractivity contribution is 0.0884. The number of benzene rings is 2. The average molecular weight is 294 g/mol. The molecule has 0 saturated carbocycles. The van der Waals surface area contributed by atoms with Crippen molar-refractivity contribution in [1.82, 2.24) is 4.68 Å². The second-order valence-electron chi connectivity index (χ2n) is 5.12. The van der Waals surface area contributed by atoms with Crippen molar-refractivity contribution in [2.24, 2.45) is 0 Å². The second kappa shape index (κ2) is 4.17. The molecule has 6 heteroatoms. The van der Waals surface area contributed by atoms with E-state index in [0.29, 0.717) is 11.1 Å². The van der Waals surface area contributed by atoms with Gasteiger partial charge in [0, 0.05) is 0 Å². The van der Waals surface area contributed by atoms with Crippen LogP contribution >= 0.6 is 0 Å². The van der Waals surface area contributed by atoms with Gasteiger partial charge in [0.2, 0.25) is 0 Å². The van der Waals surface area contributed by atoms with Crippen LogP contribution in [0.3, 0.4) is 0 Å². The summed E-state index contributed by atoms with van der Waals surface area (Å²) in [5, 5.41) is 0.832. The van der Waals surface area contributed by atoms with E-state index in [1.54, 1.807) is 42.5 Å². The van der Waals surface area contributed by atoms with Crippen LogP contribution in [0.5, 0.6) is 0 Å². The summed E-state index contributed by atoms with van der Waals surface area (Å²) < 4.78 is 6.12. The van der Waals surface area contributed by atoms with Crippen molar-refractivity contribution in [3.8, 4) is 0 Å². The number of carbonyl (C=O) groups excluding carboxylic acids is 2. The highest BCUT2D eigenvalue weighted by Crippen LogP contribution is 2.23. The summed E-state index contributed by atoms with van der Waals surface area (Å²) in [5.74, 6) is -1.84. The quantitative estimate of drug-likeness (QED) is 0.642. The Morgan fingerprint density at radius 1 is 0.909 bits per heavy atom. The normalized spacial score (nSPS) is 14.0. The third-order valence-electron chi connectivity index (χ3n) is 3.69. The number of amides is 2. The van der Waals surface area contributed by atoms with Crippen LogP contribution in [-0.4, -0.2) is 16.5 Å². The predicted molar refractivity (Wildman–Crippen MR) is 78.5 cm³/mol. The van der Waals surface area contributed by atoms with E-state index in [2.05, 4.69) is 0 Å². The minimum absolute atomic E-state index is 0.279. The van der Waals surface area contributed by atoms with Crippen molar-refractivity contribution in [3.63, 3.8) is 0 Å². The van der Waals surface area contributed by atoms with Crippen molar-refractivity contribution < 1.29 is 14.0 Å². The van der Waals surface area contributed by atoms with Gasteiger partial charge in [0.25, 0.3) is 11.8 Å². The van der Waals surface area contributed by atoms with E-state index >= 15 is 0 Å². The number of fused-ring (bicyclic) bond motifs is 2. The third kappa shape index (κ3) is 1.52. The second-order valence-corrected chi connectivity index (χ2v) is 5.12. The summed E-state index contributed by atoms with van der Waals surface area (Å²) in [6.45, 7) is 1.85. The maximum atomic E-state index is 12.5. The molecule has 1 aliphatic rings. The van der Waals surface area contributed by atoms with Crippen molar-refractivity contribution in [3.05, 3.63) is 69.7 Å². The van der Waals surface area contributed by atoms with E-state index in [1.165, 1.54) is 0 Å². The van der Waals surface area contributed by atoms with Gasteiger partial charge >= 0.3 is 5.76 Å². The number of aromatic nitrogens is 1. The Bertz CT molecular complexity index is 977. The topological polar surface area (TPSA) is 72.5 Å². The molecule has 6 nitrogen and oxygen atoms in total. The van der Waals surface area contributed by atoms with E-state index in [-0.39, 0.29) is 11.1 Å². The maximum Gasteiger partial charge on any atom is 0.439 e. The molecule has 108 valence electrons. The zero-order valence-electron chi connectivity index (χ0n) is 11.6. The SMILES string of the molecule is Cc1ccc2oc(=O)n(N3C(=O)c4ccccc4C3=O)c2c1. The molecule has 2 aromatic carbocycles. The van der Waals surface area contributed by atoms with Crippen molar-refractivity contribution >= 4 is 22.9 Å². The number of hydrogen-bond donors (Lipinski definition) is 0. The van der Waals surface area contributed by atoms with Gasteiger partial charge in [-0.2, -0.15) is 9.69 Å². The van der Waals surface area contributed by atoms with Gasteiger partial charge in [0.1, 0.15) is 5.52 Å². The summed E-state index contributed by atoms with van der Waals surface area (Å²) in [7, 11) is 0. The first-order chi connectivity index (χ1) is 10.6. The van der Waals surface area contributed by atoms with Gasteiger partial charge in [-0.25, -0.2) is 4.79 Å². The zero-order chi connectivity index (χ0) is 15.4. The molecular formula is C16H10N2O4. The van der Waals surface area contributed by atoms with Crippen LogP contribution in [0.25, 0.3) is 11.1 Å². The number of nitrogens with zero attached hydrogens (tertiary/aromatic N) is 2. The Morgan fingerprint density at radius 3 is 2.18 bits per heavy atom. The molecular weight excluding hydrogens is 284 g/mol. The van der Waals surface area contributed by atoms with Gasteiger partial charge in [-0.05, 0) is 36.8 Å². The fourth-order valence-electron chi connectivity index (χ4n) is 2.66. The monoisotopic (exact) mass is 294 g/mol. The Hall–Kier alpha value is -3.15. The van der Waals surface area contributed by atoms with Crippen LogP contribution in [0.4, 0.5) is 0 Å². The highest BCUT2D eigenvalue weighted by molar-refractivity contribution is 6.30. The lowest BCUT2D eigenvalue weighted by Gasteiger charge is -2.13. The minimum atomic E-state index is -0.768. The highest BCUT2D eigenvalue weighted by atomic mass is 16.4. The molecule has 0 unspecified atom stereocenters. The number of rotatable bonds is 1. The molecule has 0 fully saturated rings. The third-order valence-corrected chi connectivity index (χ3v) is 3.69. The molecule has 1 aromatic heterocycles. The molecule has 0 bridgehead atoms. The van der Waals surface area contributed by atoms with Crippen molar-refractivity contribution in [2.45, 2.75) is 6.92 Å². The Balaban J connectivity index is 2.00. The fraction of sp³-hybridized carbons (Fsp3) is 0.0625. The Kier molecular flexibility index (Phi) is 2.39. The summed E-state index contributed by atoms with van der Waals surface area (Å²) in [4.78, 5) is 37.1. The van der Waals surface area contributed by atoms with Gasteiger partial charge < -0.3 is 4.42 Å². The Labute approximate surface area is 124 Å². The van der Waals surface area contributed by atoms with E-state index in [1.807, 2.05) is 6.92 Å². The molecule has 4 rings (SSSR count). The summed E-state index contributed by atoms with van der Waals surface area (Å²) in [5.41, 5.74) is 2.16. The number of imide groups is 1. The van der Waals surface area contributed by atoms with Crippen molar-refractivity contribution in [2.75, 3.05) is 5.01 Å². The van der Waals surface area contributed by atoms with Crippen LogP contribution in [0, 0.1) is 6.92 Å². The van der Waals surface area contributed by atoms with Crippen LogP contribution in [0.15, 0.2) is 51.7 Å². The zero-order valence-corrected chi connectivity index (χ0v) is 11.6. The molecule has 0 aliphatic carbocycles. The van der Waals surface area contributed by atoms with E-state index in [0.717, 1.165) is 15.2 Å². The van der Waals surface area contributed by atoms with Gasteiger partial charge in [-0.1, -0.05) is 18.2 Å². The fourth-order valence-corrected chi connectivity index (χ4v) is 2.66. The molecule has 22 heavy (non-hydrogen) atoms. The molecule has 0 N–H and O–H groups in total. The summed E-state index contributed by atoms with van der Waals surface area (Å²) in [6.07, 6.45) is 0. The lowest BCUT2D eigenvalue weighted by Crippen LogP contribution is -2.44. The minimum Gasteiger partial charge on any atom is -0.406 e. The van der Waals surface area contributed by atoms with Gasteiger partial charge in [-0.15, -0.1) is 0 Å². The van der Waals surface area contributed by atoms with Gasteiger partial charge in [-0.3, -0.25) is 9.59 Å². The molecule has 3 aromatic rings. The number of aryl methyl sites for hydroxylation is 1. The largest absolute Gasteiger partial charge is 0.439 e. The van der Waals surface area contributed by atoms with Crippen LogP contribution < -0.4 is 10.8 Å². The van der Waals surface area contributed by atoms with E-state index in [9.17, 15) is 14.4 Å². The first-order valence-corrected chi connectivity index (χ1v) is 6.68. The molecule has 2 heterocycles. The van der Waals surface area contributed by atoms with E-state index < -0.39 is 17.6 Å². The van der Waals surface area contributed by atoms with Gasteiger partial charge in [0.05, 0.1) is 11.1 Å². The van der Waals surface area contributed by atoms with Crippen molar-refractivity contribution in [1.29, 1.82) is 0 Å². The highest BCUT2D eigenvalue weighted by Gasteiger charge is 2.38. The van der Waals surface area contributed by atoms with Crippen LogP contribution in [-0.2, 0) is 0 Å².